The van der Waals surface area contributed by atoms with E-state index in [1.54, 1.807) is 0 Å². The summed E-state index contributed by atoms with van der Waals surface area (Å²) in [7, 11) is 0. The van der Waals surface area contributed by atoms with E-state index in [1.165, 1.54) is 0 Å². The predicted octanol–water partition coefficient (Wildman–Crippen LogP) is 1.85. The average molecular weight is 315 g/mol. The van der Waals surface area contributed by atoms with Crippen LogP contribution in [0.4, 0.5) is 0 Å². The van der Waals surface area contributed by atoms with E-state index < -0.39 is 0 Å². The number of nitrogens with two attached hydrogens (primary N) is 1. The number of amides is 1. The van der Waals surface area contributed by atoms with E-state index in [0.29, 0.717) is 18.7 Å². The van der Waals surface area contributed by atoms with Crippen molar-refractivity contribution in [3.63, 3.8) is 0 Å². The van der Waals surface area contributed by atoms with Crippen molar-refractivity contribution in [3.05, 3.63) is 28.2 Å². The maximum atomic E-state index is 11.3. The lowest BCUT2D eigenvalue weighted by atomic mass is 10.1. The summed E-state index contributed by atoms with van der Waals surface area (Å²) in [6, 6.07) is 5.75. The summed E-state index contributed by atoms with van der Waals surface area (Å²) in [6.45, 7) is 4.45. The third-order valence-electron chi connectivity index (χ3n) is 2.30. The highest BCUT2D eigenvalue weighted by atomic mass is 79.9. The Morgan fingerprint density at radius 3 is 2.89 bits per heavy atom. The van der Waals surface area contributed by atoms with Gasteiger partial charge in [0.1, 0.15) is 5.75 Å². The van der Waals surface area contributed by atoms with Gasteiger partial charge in [0.2, 0.25) is 0 Å². The largest absolute Gasteiger partial charge is 0.483 e. The van der Waals surface area contributed by atoms with Gasteiger partial charge in [-0.25, -0.2) is 0 Å². The van der Waals surface area contributed by atoms with Crippen LogP contribution in [0.5, 0.6) is 5.75 Å². The average Bonchev–Trinajstić information content (AvgIpc) is 2.27. The number of carbonyl (C=O) groups excluding carboxylic acids is 1. The Labute approximate surface area is 116 Å². The minimum Gasteiger partial charge on any atom is -0.483 e. The van der Waals surface area contributed by atoms with Crippen molar-refractivity contribution >= 4 is 21.8 Å². The Balaban J connectivity index is 2.71. The molecule has 1 amide bonds. The molecule has 100 valence electrons. The summed E-state index contributed by atoms with van der Waals surface area (Å²) in [4.78, 5) is 11.3. The molecule has 4 nitrogen and oxygen atoms in total. The van der Waals surface area contributed by atoms with Crippen LogP contribution in [0.3, 0.4) is 0 Å². The first-order valence-corrected chi connectivity index (χ1v) is 6.75. The van der Waals surface area contributed by atoms with Gasteiger partial charge >= 0.3 is 0 Å². The highest BCUT2D eigenvalue weighted by Crippen LogP contribution is 2.24. The summed E-state index contributed by atoms with van der Waals surface area (Å²) >= 11 is 3.42. The molecule has 0 saturated heterocycles. The molecular weight excluding hydrogens is 296 g/mol. The molecule has 18 heavy (non-hydrogen) atoms. The van der Waals surface area contributed by atoms with E-state index in [4.69, 9.17) is 10.5 Å². The first kappa shape index (κ1) is 15.0. The molecule has 1 aromatic rings. The van der Waals surface area contributed by atoms with Gasteiger partial charge in [0.25, 0.3) is 5.91 Å². The highest BCUT2D eigenvalue weighted by Gasteiger charge is 2.09. The Hall–Kier alpha value is -1.07. The van der Waals surface area contributed by atoms with Gasteiger partial charge in [-0.15, -0.1) is 0 Å². The third-order valence-corrected chi connectivity index (χ3v) is 2.79. The molecule has 5 heteroatoms. The normalized spacial score (nSPS) is 12.0. The van der Waals surface area contributed by atoms with Crippen LogP contribution in [0.25, 0.3) is 0 Å². The predicted molar refractivity (Wildman–Crippen MR) is 75.7 cm³/mol. The fourth-order valence-electron chi connectivity index (χ4n) is 1.59. The second kappa shape index (κ2) is 7.38. The molecule has 0 aliphatic heterocycles. The van der Waals surface area contributed by atoms with Gasteiger partial charge in [0.05, 0.1) is 0 Å². The number of hydrogen-bond donors (Lipinski definition) is 2. The molecule has 1 atom stereocenters. The summed E-state index contributed by atoms with van der Waals surface area (Å²) in [6.07, 6.45) is 0.712. The lowest BCUT2D eigenvalue weighted by molar-refractivity contribution is -0.122. The van der Waals surface area contributed by atoms with E-state index >= 15 is 0 Å². The van der Waals surface area contributed by atoms with Crippen molar-refractivity contribution in [1.29, 1.82) is 0 Å². The number of rotatable bonds is 6. The number of likely N-dealkylation sites (N-methyl/N-ethyl adjacent to an activating group) is 1. The van der Waals surface area contributed by atoms with Crippen molar-refractivity contribution in [2.45, 2.75) is 26.3 Å². The van der Waals surface area contributed by atoms with Crippen LogP contribution in [-0.2, 0) is 11.2 Å². The number of hydrogen-bond acceptors (Lipinski definition) is 3. The Bertz CT molecular complexity index is 408. The Kier molecular flexibility index (Phi) is 6.15. The minimum atomic E-state index is -0.118. The molecule has 1 unspecified atom stereocenters. The monoisotopic (exact) mass is 314 g/mol. The first-order valence-electron chi connectivity index (χ1n) is 5.96. The maximum absolute atomic E-state index is 11.3. The van der Waals surface area contributed by atoms with E-state index in [2.05, 4.69) is 21.2 Å². The molecule has 0 aromatic heterocycles. The molecule has 0 heterocycles. The summed E-state index contributed by atoms with van der Waals surface area (Å²) in [5.74, 6) is 0.592. The van der Waals surface area contributed by atoms with Gasteiger partial charge in [-0.1, -0.05) is 15.9 Å². The maximum Gasteiger partial charge on any atom is 0.257 e. The topological polar surface area (TPSA) is 64.3 Å². The number of carbonyl (C=O) groups is 1. The highest BCUT2D eigenvalue weighted by molar-refractivity contribution is 9.10. The standard InChI is InChI=1S/C13H19BrN2O2/c1-3-16-13(17)8-18-12-5-4-11(14)7-10(12)6-9(2)15/h4-5,7,9H,3,6,8,15H2,1-2H3,(H,16,17). The Morgan fingerprint density at radius 2 is 2.28 bits per heavy atom. The van der Waals surface area contributed by atoms with Crippen molar-refractivity contribution in [3.8, 4) is 5.75 Å². The van der Waals surface area contributed by atoms with Gasteiger partial charge in [0, 0.05) is 17.1 Å². The molecule has 0 spiro atoms. The smallest absolute Gasteiger partial charge is 0.257 e. The number of halogens is 1. The first-order chi connectivity index (χ1) is 8.52. The lowest BCUT2D eigenvalue weighted by Crippen LogP contribution is -2.28. The number of ether oxygens (including phenoxy) is 1. The summed E-state index contributed by atoms with van der Waals surface area (Å²) < 4.78 is 6.49. The minimum absolute atomic E-state index is 0.0292. The number of nitrogens with one attached hydrogen (secondary N) is 1. The van der Waals surface area contributed by atoms with Gasteiger partial charge < -0.3 is 15.8 Å². The molecule has 1 aromatic carbocycles. The molecule has 0 bridgehead atoms. The van der Waals surface area contributed by atoms with Gasteiger partial charge in [-0.2, -0.15) is 0 Å². The molecule has 3 N–H and O–H groups in total. The van der Waals surface area contributed by atoms with Crippen LogP contribution in [0.1, 0.15) is 19.4 Å². The fraction of sp³-hybridized carbons (Fsp3) is 0.462. The molecule has 0 fully saturated rings. The van der Waals surface area contributed by atoms with Gasteiger partial charge in [0.15, 0.2) is 6.61 Å². The second-order valence-electron chi connectivity index (χ2n) is 4.18. The SMILES string of the molecule is CCNC(=O)COc1ccc(Br)cc1CC(C)N. The molecule has 1 rings (SSSR count). The summed E-state index contributed by atoms with van der Waals surface area (Å²) in [5, 5.41) is 2.69. The quantitative estimate of drug-likeness (QED) is 0.842. The van der Waals surface area contributed by atoms with Crippen LogP contribution < -0.4 is 15.8 Å². The third kappa shape index (κ3) is 5.06. The van der Waals surface area contributed by atoms with Crippen molar-refractivity contribution in [1.82, 2.24) is 5.32 Å². The molecule has 0 aliphatic carbocycles. The molecular formula is C13H19BrN2O2. The van der Waals surface area contributed by atoms with E-state index in [0.717, 1.165) is 10.0 Å². The van der Waals surface area contributed by atoms with Crippen LogP contribution >= 0.6 is 15.9 Å². The van der Waals surface area contributed by atoms with E-state index in [9.17, 15) is 4.79 Å². The van der Waals surface area contributed by atoms with Crippen LogP contribution in [-0.4, -0.2) is 25.1 Å². The molecule has 0 saturated carbocycles. The van der Waals surface area contributed by atoms with Gasteiger partial charge in [-0.05, 0) is 44.0 Å². The zero-order chi connectivity index (χ0) is 13.5. The number of benzene rings is 1. The fourth-order valence-corrected chi connectivity index (χ4v) is 2.00. The molecule has 0 aliphatic rings. The van der Waals surface area contributed by atoms with Gasteiger partial charge in [-0.3, -0.25) is 4.79 Å². The van der Waals surface area contributed by atoms with Crippen LogP contribution in [0.2, 0.25) is 0 Å². The lowest BCUT2D eigenvalue weighted by Gasteiger charge is -2.13. The Morgan fingerprint density at radius 1 is 1.56 bits per heavy atom. The summed E-state index contributed by atoms with van der Waals surface area (Å²) in [5.41, 5.74) is 6.80. The van der Waals surface area contributed by atoms with Crippen molar-refractivity contribution < 1.29 is 9.53 Å². The zero-order valence-corrected chi connectivity index (χ0v) is 12.3. The van der Waals surface area contributed by atoms with E-state index in [1.807, 2.05) is 32.0 Å². The van der Waals surface area contributed by atoms with Crippen molar-refractivity contribution in [2.24, 2.45) is 5.73 Å². The van der Waals surface area contributed by atoms with E-state index in [-0.39, 0.29) is 18.6 Å². The van der Waals surface area contributed by atoms with Crippen molar-refractivity contribution in [2.75, 3.05) is 13.2 Å². The second-order valence-corrected chi connectivity index (χ2v) is 5.09. The van der Waals surface area contributed by atoms with Crippen LogP contribution in [0, 0.1) is 0 Å². The zero-order valence-electron chi connectivity index (χ0n) is 10.7. The molecule has 0 radical (unpaired) electrons. The van der Waals surface area contributed by atoms with Crippen LogP contribution in [0.15, 0.2) is 22.7 Å².